The van der Waals surface area contributed by atoms with E-state index in [4.69, 9.17) is 0 Å². The summed E-state index contributed by atoms with van der Waals surface area (Å²) >= 11 is 0. The number of hydrogen-bond acceptors (Lipinski definition) is 3. The predicted octanol–water partition coefficient (Wildman–Crippen LogP) is 2.95. The maximum Gasteiger partial charge on any atom is 0.251 e. The maximum atomic E-state index is 13.1. The van der Waals surface area contributed by atoms with Crippen molar-refractivity contribution in [2.24, 2.45) is 0 Å². The Kier molecular flexibility index (Phi) is 7.09. The van der Waals surface area contributed by atoms with Crippen LogP contribution in [-0.2, 0) is 15.0 Å². The molecule has 2 aromatic rings. The van der Waals surface area contributed by atoms with Crippen LogP contribution in [0.2, 0.25) is 0 Å². The Balaban J connectivity index is 1.83. The first-order chi connectivity index (χ1) is 13.6. The third-order valence-electron chi connectivity index (χ3n) is 4.33. The van der Waals surface area contributed by atoms with E-state index >= 15 is 0 Å². The molecule has 154 valence electrons. The summed E-state index contributed by atoms with van der Waals surface area (Å²) in [6.45, 7) is 5.80. The van der Waals surface area contributed by atoms with Gasteiger partial charge in [-0.3, -0.25) is 14.4 Å². The zero-order chi connectivity index (χ0) is 21.6. The maximum absolute atomic E-state index is 13.1. The number of amides is 3. The van der Waals surface area contributed by atoms with Gasteiger partial charge in [-0.1, -0.05) is 39.0 Å². The predicted molar refractivity (Wildman–Crippen MR) is 110 cm³/mol. The zero-order valence-corrected chi connectivity index (χ0v) is 17.1. The van der Waals surface area contributed by atoms with Crippen LogP contribution >= 0.6 is 0 Å². The molecule has 2 N–H and O–H groups in total. The van der Waals surface area contributed by atoms with Crippen LogP contribution < -0.4 is 10.6 Å². The van der Waals surface area contributed by atoms with Crippen LogP contribution in [0.5, 0.6) is 0 Å². The van der Waals surface area contributed by atoms with E-state index in [0.717, 1.165) is 5.56 Å². The van der Waals surface area contributed by atoms with E-state index in [1.165, 1.54) is 30.1 Å². The molecule has 0 radical (unpaired) electrons. The van der Waals surface area contributed by atoms with Crippen molar-refractivity contribution in [3.05, 3.63) is 65.5 Å². The van der Waals surface area contributed by atoms with Gasteiger partial charge in [0.1, 0.15) is 5.82 Å². The fourth-order valence-corrected chi connectivity index (χ4v) is 2.58. The highest BCUT2D eigenvalue weighted by molar-refractivity contribution is 5.98. The number of carbonyl (C=O) groups is 3. The minimum Gasteiger partial charge on any atom is -0.343 e. The minimum absolute atomic E-state index is 0.0141. The van der Waals surface area contributed by atoms with Crippen LogP contribution in [0.25, 0.3) is 0 Å². The van der Waals surface area contributed by atoms with Crippen molar-refractivity contribution in [3.8, 4) is 0 Å². The van der Waals surface area contributed by atoms with E-state index in [1.807, 2.05) is 12.1 Å². The summed E-state index contributed by atoms with van der Waals surface area (Å²) in [5.74, 6) is -1.71. The highest BCUT2D eigenvalue weighted by Crippen LogP contribution is 2.22. The number of nitrogens with zero attached hydrogens (tertiary/aromatic N) is 1. The largest absolute Gasteiger partial charge is 0.343 e. The van der Waals surface area contributed by atoms with Crippen LogP contribution in [0.3, 0.4) is 0 Å². The summed E-state index contributed by atoms with van der Waals surface area (Å²) in [6, 6.07) is 12.7. The molecular weight excluding hydrogens is 373 g/mol. The molecule has 0 bridgehead atoms. The van der Waals surface area contributed by atoms with Gasteiger partial charge < -0.3 is 15.5 Å². The summed E-state index contributed by atoms with van der Waals surface area (Å²) in [7, 11) is 1.46. The van der Waals surface area contributed by atoms with Crippen molar-refractivity contribution >= 4 is 23.4 Å². The molecular formula is C22H26FN3O3. The first-order valence-corrected chi connectivity index (χ1v) is 9.24. The molecule has 0 fully saturated rings. The normalized spacial score (nSPS) is 10.9. The number of halogens is 1. The Morgan fingerprint density at radius 3 is 2.28 bits per heavy atom. The van der Waals surface area contributed by atoms with Gasteiger partial charge in [0, 0.05) is 18.3 Å². The Morgan fingerprint density at radius 2 is 1.69 bits per heavy atom. The second kappa shape index (κ2) is 9.32. The van der Waals surface area contributed by atoms with Crippen molar-refractivity contribution in [2.45, 2.75) is 26.2 Å². The molecule has 0 aliphatic rings. The van der Waals surface area contributed by atoms with E-state index in [0.29, 0.717) is 11.3 Å². The van der Waals surface area contributed by atoms with Gasteiger partial charge in [0.2, 0.25) is 11.8 Å². The van der Waals surface area contributed by atoms with Crippen LogP contribution in [-0.4, -0.2) is 42.8 Å². The second-order valence-corrected chi connectivity index (χ2v) is 7.82. The van der Waals surface area contributed by atoms with Crippen molar-refractivity contribution in [3.63, 3.8) is 0 Å². The molecule has 3 amide bonds. The van der Waals surface area contributed by atoms with Gasteiger partial charge >= 0.3 is 0 Å². The zero-order valence-electron chi connectivity index (χ0n) is 17.1. The number of benzene rings is 2. The lowest BCUT2D eigenvalue weighted by molar-refractivity contribution is -0.132. The Morgan fingerprint density at radius 1 is 1.03 bits per heavy atom. The SMILES string of the molecule is CN(CC(=O)Nc1cccc(F)c1)C(=O)CNC(=O)c1ccc(C(C)(C)C)cc1. The third kappa shape index (κ3) is 6.71. The van der Waals surface area contributed by atoms with E-state index in [2.05, 4.69) is 31.4 Å². The van der Waals surface area contributed by atoms with Crippen LogP contribution in [0.4, 0.5) is 10.1 Å². The fraction of sp³-hybridized carbons (Fsp3) is 0.318. The van der Waals surface area contributed by atoms with E-state index < -0.39 is 17.6 Å². The first-order valence-electron chi connectivity index (χ1n) is 9.24. The summed E-state index contributed by atoms with van der Waals surface area (Å²) in [6.07, 6.45) is 0. The molecule has 0 aromatic heterocycles. The second-order valence-electron chi connectivity index (χ2n) is 7.82. The van der Waals surface area contributed by atoms with Gasteiger partial charge in [0.15, 0.2) is 0 Å². The number of likely N-dealkylation sites (N-methyl/N-ethyl adjacent to an activating group) is 1. The molecule has 0 atom stereocenters. The number of carbonyl (C=O) groups excluding carboxylic acids is 3. The highest BCUT2D eigenvalue weighted by Gasteiger charge is 2.16. The average Bonchev–Trinajstić information content (AvgIpc) is 2.65. The molecule has 2 aromatic carbocycles. The molecule has 0 heterocycles. The lowest BCUT2D eigenvalue weighted by atomic mass is 9.87. The standard InChI is InChI=1S/C22H26FN3O3/c1-22(2,3)16-10-8-15(9-11-16)21(29)24-13-20(28)26(4)14-19(27)25-18-7-5-6-17(23)12-18/h5-12H,13-14H2,1-4H3,(H,24,29)(H,25,27). The number of anilines is 1. The molecule has 0 spiro atoms. The molecule has 0 aliphatic heterocycles. The average molecular weight is 399 g/mol. The van der Waals surface area contributed by atoms with Crippen molar-refractivity contribution < 1.29 is 18.8 Å². The first kappa shape index (κ1) is 22.1. The number of nitrogens with one attached hydrogen (secondary N) is 2. The monoisotopic (exact) mass is 399 g/mol. The summed E-state index contributed by atoms with van der Waals surface area (Å²) in [4.78, 5) is 37.6. The van der Waals surface area contributed by atoms with Crippen molar-refractivity contribution in [2.75, 3.05) is 25.5 Å². The Bertz CT molecular complexity index is 889. The Hall–Kier alpha value is -3.22. The summed E-state index contributed by atoms with van der Waals surface area (Å²) in [5, 5.41) is 5.07. The molecule has 0 saturated carbocycles. The Labute approximate surface area is 170 Å². The molecule has 29 heavy (non-hydrogen) atoms. The van der Waals surface area contributed by atoms with Crippen LogP contribution in [0, 0.1) is 5.82 Å². The molecule has 7 heteroatoms. The quantitative estimate of drug-likeness (QED) is 0.784. The van der Waals surface area contributed by atoms with Gasteiger partial charge in [-0.2, -0.15) is 0 Å². The summed E-state index contributed by atoms with van der Waals surface area (Å²) < 4.78 is 13.1. The minimum atomic E-state index is -0.467. The van der Waals surface area contributed by atoms with Gasteiger partial charge in [0.05, 0.1) is 13.1 Å². The molecule has 2 rings (SSSR count). The molecule has 0 saturated heterocycles. The van der Waals surface area contributed by atoms with Crippen LogP contribution in [0.15, 0.2) is 48.5 Å². The van der Waals surface area contributed by atoms with Crippen molar-refractivity contribution in [1.82, 2.24) is 10.2 Å². The summed E-state index contributed by atoms with van der Waals surface area (Å²) in [5.41, 5.74) is 1.86. The lowest BCUT2D eigenvalue weighted by Crippen LogP contribution is -2.41. The van der Waals surface area contributed by atoms with E-state index in [-0.39, 0.29) is 24.4 Å². The third-order valence-corrected chi connectivity index (χ3v) is 4.33. The number of rotatable bonds is 6. The lowest BCUT2D eigenvalue weighted by Gasteiger charge is -2.19. The van der Waals surface area contributed by atoms with Gasteiger partial charge in [-0.25, -0.2) is 4.39 Å². The topological polar surface area (TPSA) is 78.5 Å². The van der Waals surface area contributed by atoms with Crippen LogP contribution in [0.1, 0.15) is 36.7 Å². The highest BCUT2D eigenvalue weighted by atomic mass is 19.1. The smallest absolute Gasteiger partial charge is 0.251 e. The van der Waals surface area contributed by atoms with Gasteiger partial charge in [0.25, 0.3) is 5.91 Å². The molecule has 6 nitrogen and oxygen atoms in total. The van der Waals surface area contributed by atoms with Crippen molar-refractivity contribution in [1.29, 1.82) is 0 Å². The number of hydrogen-bond donors (Lipinski definition) is 2. The molecule has 0 aliphatic carbocycles. The van der Waals surface area contributed by atoms with E-state index in [9.17, 15) is 18.8 Å². The van der Waals surface area contributed by atoms with Gasteiger partial charge in [-0.15, -0.1) is 0 Å². The van der Waals surface area contributed by atoms with E-state index in [1.54, 1.807) is 18.2 Å². The fourth-order valence-electron chi connectivity index (χ4n) is 2.58. The molecule has 0 unspecified atom stereocenters. The van der Waals surface area contributed by atoms with Gasteiger partial charge in [-0.05, 0) is 41.3 Å².